The number of fused-ring (bicyclic) bond motifs is 1. The zero-order valence-corrected chi connectivity index (χ0v) is 18.9. The highest BCUT2D eigenvalue weighted by atomic mass is 16.5. The number of aromatic nitrogens is 2. The van der Waals surface area contributed by atoms with Crippen LogP contribution in [0.1, 0.15) is 39.7 Å². The third-order valence-electron chi connectivity index (χ3n) is 6.16. The maximum absolute atomic E-state index is 13.2. The van der Waals surface area contributed by atoms with E-state index in [0.29, 0.717) is 31.8 Å². The summed E-state index contributed by atoms with van der Waals surface area (Å²) in [5.41, 5.74) is 5.06. The topological polar surface area (TPSA) is 78.5 Å². The Bertz CT molecular complexity index is 1250. The molecule has 0 unspecified atom stereocenters. The summed E-state index contributed by atoms with van der Waals surface area (Å²) >= 11 is 0. The Morgan fingerprint density at radius 3 is 2.59 bits per heavy atom. The van der Waals surface area contributed by atoms with Gasteiger partial charge in [0.15, 0.2) is 0 Å². The molecule has 0 fully saturated rings. The summed E-state index contributed by atoms with van der Waals surface area (Å²) in [5.74, 6) is 0.630. The van der Waals surface area contributed by atoms with Gasteiger partial charge in [-0.3, -0.25) is 9.89 Å². The van der Waals surface area contributed by atoms with Crippen LogP contribution < -0.4 is 4.74 Å². The molecule has 0 saturated carbocycles. The Labute approximate surface area is 198 Å². The molecular weight excluding hydrogens is 426 g/mol. The molecule has 1 aromatic heterocycles. The molecule has 172 valence electrons. The fourth-order valence-corrected chi connectivity index (χ4v) is 4.27. The van der Waals surface area contributed by atoms with E-state index in [9.17, 15) is 9.90 Å². The normalized spacial score (nSPS) is 14.1. The number of aromatic amines is 1. The van der Waals surface area contributed by atoms with E-state index in [1.165, 1.54) is 5.56 Å². The van der Waals surface area contributed by atoms with Gasteiger partial charge in [0, 0.05) is 17.7 Å². The van der Waals surface area contributed by atoms with Crippen molar-refractivity contribution in [1.82, 2.24) is 15.1 Å². The van der Waals surface area contributed by atoms with E-state index in [-0.39, 0.29) is 5.91 Å². The molecule has 6 nitrogen and oxygen atoms in total. The molecule has 3 aromatic carbocycles. The van der Waals surface area contributed by atoms with Gasteiger partial charge < -0.3 is 14.7 Å². The van der Waals surface area contributed by atoms with Gasteiger partial charge in [-0.15, -0.1) is 0 Å². The minimum absolute atomic E-state index is 0.124. The third-order valence-corrected chi connectivity index (χ3v) is 6.16. The predicted molar refractivity (Wildman–Crippen MR) is 130 cm³/mol. The predicted octanol–water partition coefficient (Wildman–Crippen LogP) is 4.78. The van der Waals surface area contributed by atoms with Crippen molar-refractivity contribution in [2.45, 2.75) is 25.5 Å². The maximum atomic E-state index is 13.2. The van der Waals surface area contributed by atoms with Crippen molar-refractivity contribution in [2.24, 2.45) is 0 Å². The van der Waals surface area contributed by atoms with Crippen molar-refractivity contribution >= 4 is 5.91 Å². The number of ether oxygens (including phenoxy) is 1. The van der Waals surface area contributed by atoms with Gasteiger partial charge in [-0.05, 0) is 42.2 Å². The Balaban J connectivity index is 1.30. The van der Waals surface area contributed by atoms with Crippen molar-refractivity contribution in [3.05, 3.63) is 107 Å². The van der Waals surface area contributed by atoms with Gasteiger partial charge >= 0.3 is 0 Å². The molecule has 1 atom stereocenters. The number of aliphatic hydroxyl groups is 1. The molecule has 0 spiro atoms. The quantitative estimate of drug-likeness (QED) is 0.441. The molecule has 5 rings (SSSR count). The number of hydrogen-bond donors (Lipinski definition) is 2. The number of H-pyrrole nitrogens is 1. The van der Waals surface area contributed by atoms with Gasteiger partial charge in [-0.1, -0.05) is 66.7 Å². The second-order valence-electron chi connectivity index (χ2n) is 8.52. The van der Waals surface area contributed by atoms with Crippen LogP contribution >= 0.6 is 0 Å². The molecular formula is C28H27N3O3. The van der Waals surface area contributed by atoms with Crippen LogP contribution in [0, 0.1) is 0 Å². The van der Waals surface area contributed by atoms with Crippen molar-refractivity contribution in [1.29, 1.82) is 0 Å². The Morgan fingerprint density at radius 1 is 1.03 bits per heavy atom. The van der Waals surface area contributed by atoms with Crippen molar-refractivity contribution < 1.29 is 14.6 Å². The summed E-state index contributed by atoms with van der Waals surface area (Å²) in [4.78, 5) is 15.0. The molecule has 6 heteroatoms. The van der Waals surface area contributed by atoms with Crippen LogP contribution in [0.15, 0.2) is 84.9 Å². The Morgan fingerprint density at radius 2 is 1.79 bits per heavy atom. The fourth-order valence-electron chi connectivity index (χ4n) is 4.27. The van der Waals surface area contributed by atoms with E-state index in [1.54, 1.807) is 11.0 Å². The summed E-state index contributed by atoms with van der Waals surface area (Å²) in [6, 6.07) is 27.5. The lowest BCUT2D eigenvalue weighted by molar-refractivity contribution is 0.0727. The van der Waals surface area contributed by atoms with E-state index in [2.05, 4.69) is 22.3 Å². The van der Waals surface area contributed by atoms with Gasteiger partial charge in [-0.2, -0.15) is 5.10 Å². The molecule has 2 N–H and O–H groups in total. The standard InChI is InChI=1S/C28H27N3O3/c32-26(13-11-20-7-3-1-4-8-20)22-12-14-27-23(17-22)19-31(15-16-34-27)28(33)25-18-24(29-30-25)21-9-5-2-6-10-21/h1-10,12,14,17-18,26,32H,11,13,15-16,19H2,(H,29,30)/t26-/m1/s1. The van der Waals surface area contributed by atoms with Gasteiger partial charge in [0.05, 0.1) is 18.3 Å². The van der Waals surface area contributed by atoms with Gasteiger partial charge in [0.1, 0.15) is 18.1 Å². The minimum Gasteiger partial charge on any atom is -0.491 e. The monoisotopic (exact) mass is 453 g/mol. The first-order valence-electron chi connectivity index (χ1n) is 11.5. The van der Waals surface area contributed by atoms with E-state index in [0.717, 1.165) is 34.6 Å². The third kappa shape index (κ3) is 4.87. The van der Waals surface area contributed by atoms with Crippen LogP contribution in [0.25, 0.3) is 11.3 Å². The summed E-state index contributed by atoms with van der Waals surface area (Å²) in [6.07, 6.45) is 0.839. The highest BCUT2D eigenvalue weighted by Gasteiger charge is 2.24. The van der Waals surface area contributed by atoms with Gasteiger partial charge in [0.25, 0.3) is 5.91 Å². The van der Waals surface area contributed by atoms with E-state index in [4.69, 9.17) is 4.74 Å². The summed E-state index contributed by atoms with van der Waals surface area (Å²) in [5, 5.41) is 18.0. The summed E-state index contributed by atoms with van der Waals surface area (Å²) < 4.78 is 5.90. The van der Waals surface area contributed by atoms with Gasteiger partial charge in [0.2, 0.25) is 0 Å². The molecule has 0 bridgehead atoms. The smallest absolute Gasteiger partial charge is 0.272 e. The van der Waals surface area contributed by atoms with Crippen LogP contribution in [0.4, 0.5) is 0 Å². The Hall–Kier alpha value is -3.90. The Kier molecular flexibility index (Phi) is 6.40. The van der Waals surface area contributed by atoms with Crippen molar-refractivity contribution in [3.63, 3.8) is 0 Å². The molecule has 0 saturated heterocycles. The molecule has 0 radical (unpaired) electrons. The lowest BCUT2D eigenvalue weighted by Gasteiger charge is -2.19. The van der Waals surface area contributed by atoms with E-state index >= 15 is 0 Å². The first kappa shape index (κ1) is 21.9. The highest BCUT2D eigenvalue weighted by molar-refractivity contribution is 5.93. The van der Waals surface area contributed by atoms with Crippen molar-refractivity contribution in [3.8, 4) is 17.0 Å². The minimum atomic E-state index is -0.584. The maximum Gasteiger partial charge on any atom is 0.272 e. The SMILES string of the molecule is O=C(c1cc(-c2ccccc2)n[nH]1)N1CCOc2ccc([C@H](O)CCc3ccccc3)cc2C1. The number of carbonyl (C=O) groups is 1. The molecule has 4 aromatic rings. The zero-order chi connectivity index (χ0) is 23.3. The number of amides is 1. The average Bonchev–Trinajstić information content (AvgIpc) is 3.28. The summed E-state index contributed by atoms with van der Waals surface area (Å²) in [7, 11) is 0. The van der Waals surface area contributed by atoms with Crippen LogP contribution in [-0.4, -0.2) is 39.3 Å². The largest absolute Gasteiger partial charge is 0.491 e. The van der Waals surface area contributed by atoms with E-state index in [1.807, 2.05) is 66.7 Å². The number of benzene rings is 3. The molecule has 1 amide bonds. The fraction of sp³-hybridized carbons (Fsp3) is 0.214. The molecule has 34 heavy (non-hydrogen) atoms. The molecule has 1 aliphatic rings. The molecule has 2 heterocycles. The summed E-state index contributed by atoms with van der Waals surface area (Å²) in [6.45, 7) is 1.29. The lowest BCUT2D eigenvalue weighted by Crippen LogP contribution is -2.32. The van der Waals surface area contributed by atoms with Crippen molar-refractivity contribution in [2.75, 3.05) is 13.2 Å². The average molecular weight is 454 g/mol. The van der Waals surface area contributed by atoms with Crippen LogP contribution in [0.3, 0.4) is 0 Å². The number of aryl methyl sites for hydroxylation is 1. The van der Waals surface area contributed by atoms with E-state index < -0.39 is 6.10 Å². The highest BCUT2D eigenvalue weighted by Crippen LogP contribution is 2.29. The molecule has 0 aliphatic carbocycles. The first-order valence-corrected chi connectivity index (χ1v) is 11.5. The number of nitrogens with one attached hydrogen (secondary N) is 1. The number of rotatable bonds is 6. The van der Waals surface area contributed by atoms with Crippen LogP contribution in [-0.2, 0) is 13.0 Å². The van der Waals surface area contributed by atoms with Gasteiger partial charge in [-0.25, -0.2) is 0 Å². The lowest BCUT2D eigenvalue weighted by atomic mass is 9.99. The number of aliphatic hydroxyl groups excluding tert-OH is 1. The molecule has 1 aliphatic heterocycles. The zero-order valence-electron chi connectivity index (χ0n) is 18.9. The van der Waals surface area contributed by atoms with Crippen LogP contribution in [0.2, 0.25) is 0 Å². The van der Waals surface area contributed by atoms with Crippen LogP contribution in [0.5, 0.6) is 5.75 Å². The second kappa shape index (κ2) is 9.93. The first-order chi connectivity index (χ1) is 16.7. The number of carbonyl (C=O) groups excluding carboxylic acids is 1. The number of hydrogen-bond acceptors (Lipinski definition) is 4. The number of nitrogens with zero attached hydrogens (tertiary/aromatic N) is 2. The second-order valence-corrected chi connectivity index (χ2v) is 8.52.